The maximum atomic E-state index is 12.4. The molecule has 0 spiro atoms. The molecule has 1 N–H and O–H groups in total. The number of hydrogen-bond donors (Lipinski definition) is 1. The molecule has 7 nitrogen and oxygen atoms in total. The van der Waals surface area contributed by atoms with E-state index >= 15 is 0 Å². The molecule has 3 aromatic rings. The number of nitrogens with one attached hydrogen (secondary N) is 1. The van der Waals surface area contributed by atoms with Crippen molar-refractivity contribution in [2.75, 3.05) is 17.7 Å². The Labute approximate surface area is 192 Å². The molecule has 9 heteroatoms. The number of hydrogen-bond acceptors (Lipinski definition) is 5. The third-order valence-electron chi connectivity index (χ3n) is 4.57. The monoisotopic (exact) mass is 471 g/mol. The maximum Gasteiger partial charge on any atom is 0.271 e. The highest BCUT2D eigenvalue weighted by molar-refractivity contribution is 7.92. The van der Waals surface area contributed by atoms with Gasteiger partial charge in [0.05, 0.1) is 31.8 Å². The van der Waals surface area contributed by atoms with Gasteiger partial charge in [0.2, 0.25) is 10.0 Å². The lowest BCUT2D eigenvalue weighted by Crippen LogP contribution is -2.29. The molecule has 3 rings (SSSR count). The zero-order chi connectivity index (χ0) is 23.1. The third kappa shape index (κ3) is 6.09. The Morgan fingerprint density at radius 3 is 2.34 bits per heavy atom. The van der Waals surface area contributed by atoms with E-state index in [1.165, 1.54) is 10.5 Å². The molecule has 0 bridgehead atoms. The highest BCUT2D eigenvalue weighted by Crippen LogP contribution is 2.22. The Bertz CT molecular complexity index is 1210. The van der Waals surface area contributed by atoms with Crippen LogP contribution in [0.2, 0.25) is 5.02 Å². The van der Waals surface area contributed by atoms with E-state index < -0.39 is 15.9 Å². The number of carbonyl (C=O) groups is 1. The number of para-hydroxylation sites is 1. The molecule has 0 atom stereocenters. The van der Waals surface area contributed by atoms with Crippen molar-refractivity contribution in [2.24, 2.45) is 5.10 Å². The molecule has 0 heterocycles. The Balaban J connectivity index is 1.72. The summed E-state index contributed by atoms with van der Waals surface area (Å²) in [6.45, 7) is 0.144. The molecule has 0 saturated heterocycles. The Kier molecular flexibility index (Phi) is 7.50. The largest absolute Gasteiger partial charge is 0.496 e. The number of rotatable bonds is 8. The number of halogens is 1. The Morgan fingerprint density at radius 1 is 1.06 bits per heavy atom. The SMILES string of the molecule is COc1ccccc1/C=N\NC(=O)c1ccc(N(Cc2ccc(Cl)cc2)S(C)(=O)=O)cc1. The predicted molar refractivity (Wildman–Crippen MR) is 127 cm³/mol. The molecule has 0 saturated carbocycles. The molecule has 0 radical (unpaired) electrons. The highest BCUT2D eigenvalue weighted by atomic mass is 35.5. The molecule has 3 aromatic carbocycles. The molecule has 0 aliphatic heterocycles. The second kappa shape index (κ2) is 10.3. The number of carbonyl (C=O) groups excluding carboxylic acids is 1. The van der Waals surface area contributed by atoms with Gasteiger partial charge in [-0.3, -0.25) is 9.10 Å². The summed E-state index contributed by atoms with van der Waals surface area (Å²) in [5.41, 5.74) is 4.74. The van der Waals surface area contributed by atoms with Crippen LogP contribution in [0.1, 0.15) is 21.5 Å². The summed E-state index contributed by atoms with van der Waals surface area (Å²) in [4.78, 5) is 12.4. The maximum absolute atomic E-state index is 12.4. The van der Waals surface area contributed by atoms with E-state index in [2.05, 4.69) is 10.5 Å². The minimum absolute atomic E-state index is 0.144. The predicted octanol–water partition coefficient (Wildman–Crippen LogP) is 4.08. The summed E-state index contributed by atoms with van der Waals surface area (Å²) in [5.74, 6) is 0.211. The summed E-state index contributed by atoms with van der Waals surface area (Å²) in [5, 5.41) is 4.54. The van der Waals surface area contributed by atoms with Gasteiger partial charge < -0.3 is 4.74 Å². The fraction of sp³-hybridized carbons (Fsp3) is 0.130. The molecule has 0 aromatic heterocycles. The van der Waals surface area contributed by atoms with Crippen LogP contribution in [0.15, 0.2) is 77.9 Å². The molecule has 0 unspecified atom stereocenters. The van der Waals surface area contributed by atoms with Gasteiger partial charge in [-0.15, -0.1) is 0 Å². The van der Waals surface area contributed by atoms with Crippen LogP contribution in [0.3, 0.4) is 0 Å². The quantitative estimate of drug-likeness (QED) is 0.396. The lowest BCUT2D eigenvalue weighted by Gasteiger charge is -2.22. The molecule has 0 aliphatic rings. The van der Waals surface area contributed by atoms with Crippen molar-refractivity contribution in [3.63, 3.8) is 0 Å². The summed E-state index contributed by atoms with van der Waals surface area (Å²) >= 11 is 5.90. The number of hydrazone groups is 1. The average molecular weight is 472 g/mol. The highest BCUT2D eigenvalue weighted by Gasteiger charge is 2.18. The minimum Gasteiger partial charge on any atom is -0.496 e. The molecule has 166 valence electrons. The molecular weight excluding hydrogens is 450 g/mol. The standard InChI is InChI=1S/C23H22ClN3O4S/c1-31-22-6-4-3-5-19(22)15-25-26-23(28)18-9-13-21(14-10-18)27(32(2,29)30)16-17-7-11-20(24)12-8-17/h3-15H,16H2,1-2H3,(H,26,28)/b25-15-. The van der Waals surface area contributed by atoms with Crippen molar-refractivity contribution in [1.82, 2.24) is 5.43 Å². The van der Waals surface area contributed by atoms with E-state index in [0.29, 0.717) is 22.0 Å². The van der Waals surface area contributed by atoms with Crippen LogP contribution in [0.5, 0.6) is 5.75 Å². The number of amides is 1. The van der Waals surface area contributed by atoms with E-state index in [9.17, 15) is 13.2 Å². The topological polar surface area (TPSA) is 88.1 Å². The van der Waals surface area contributed by atoms with Crippen LogP contribution in [-0.2, 0) is 16.6 Å². The lowest BCUT2D eigenvalue weighted by molar-refractivity contribution is 0.0955. The van der Waals surface area contributed by atoms with Gasteiger partial charge in [-0.05, 0) is 54.1 Å². The van der Waals surface area contributed by atoms with Gasteiger partial charge in [0.25, 0.3) is 5.91 Å². The van der Waals surface area contributed by atoms with Gasteiger partial charge in [0.15, 0.2) is 0 Å². The zero-order valence-corrected chi connectivity index (χ0v) is 19.1. The lowest BCUT2D eigenvalue weighted by atomic mass is 10.2. The van der Waals surface area contributed by atoms with Crippen molar-refractivity contribution in [3.8, 4) is 5.75 Å². The van der Waals surface area contributed by atoms with Crippen LogP contribution in [0, 0.1) is 0 Å². The number of sulfonamides is 1. The first-order chi connectivity index (χ1) is 15.3. The van der Waals surface area contributed by atoms with Gasteiger partial charge in [-0.25, -0.2) is 13.8 Å². The van der Waals surface area contributed by atoms with Crippen molar-refractivity contribution < 1.29 is 17.9 Å². The molecule has 0 aliphatic carbocycles. The van der Waals surface area contributed by atoms with Crippen molar-refractivity contribution in [3.05, 3.63) is 94.5 Å². The first-order valence-electron chi connectivity index (χ1n) is 9.56. The van der Waals surface area contributed by atoms with Crippen LogP contribution >= 0.6 is 11.6 Å². The second-order valence-corrected chi connectivity index (χ2v) is 9.23. The van der Waals surface area contributed by atoms with Gasteiger partial charge in [0.1, 0.15) is 5.75 Å². The Hall–Kier alpha value is -3.36. The number of ether oxygens (including phenoxy) is 1. The second-order valence-electron chi connectivity index (χ2n) is 6.88. The van der Waals surface area contributed by atoms with E-state index in [1.54, 1.807) is 61.7 Å². The molecular formula is C23H22ClN3O4S. The fourth-order valence-electron chi connectivity index (χ4n) is 2.93. The minimum atomic E-state index is -3.55. The zero-order valence-electron chi connectivity index (χ0n) is 17.5. The van der Waals surface area contributed by atoms with Crippen LogP contribution in [0.25, 0.3) is 0 Å². The third-order valence-corrected chi connectivity index (χ3v) is 5.96. The van der Waals surface area contributed by atoms with E-state index in [1.807, 2.05) is 18.2 Å². The first kappa shape index (κ1) is 23.3. The first-order valence-corrected chi connectivity index (χ1v) is 11.8. The summed E-state index contributed by atoms with van der Waals surface area (Å²) < 4.78 is 31.2. The molecule has 0 fully saturated rings. The normalized spacial score (nSPS) is 11.3. The van der Waals surface area contributed by atoms with Crippen LogP contribution in [0.4, 0.5) is 5.69 Å². The van der Waals surface area contributed by atoms with Gasteiger partial charge in [-0.2, -0.15) is 5.10 Å². The van der Waals surface area contributed by atoms with Crippen molar-refractivity contribution >= 4 is 39.4 Å². The van der Waals surface area contributed by atoms with E-state index in [0.717, 1.165) is 17.4 Å². The van der Waals surface area contributed by atoms with E-state index in [-0.39, 0.29) is 6.54 Å². The summed E-state index contributed by atoms with van der Waals surface area (Å²) in [6.07, 6.45) is 2.62. The van der Waals surface area contributed by atoms with Gasteiger partial charge in [-0.1, -0.05) is 35.9 Å². The van der Waals surface area contributed by atoms with Crippen molar-refractivity contribution in [1.29, 1.82) is 0 Å². The average Bonchev–Trinajstić information content (AvgIpc) is 2.78. The number of nitrogens with zero attached hydrogens (tertiary/aromatic N) is 2. The smallest absolute Gasteiger partial charge is 0.271 e. The van der Waals surface area contributed by atoms with Crippen LogP contribution in [-0.4, -0.2) is 33.9 Å². The van der Waals surface area contributed by atoms with Gasteiger partial charge in [0, 0.05) is 16.1 Å². The van der Waals surface area contributed by atoms with E-state index in [4.69, 9.17) is 16.3 Å². The Morgan fingerprint density at radius 2 is 1.72 bits per heavy atom. The molecule has 1 amide bonds. The van der Waals surface area contributed by atoms with Gasteiger partial charge >= 0.3 is 0 Å². The number of benzene rings is 3. The fourth-order valence-corrected chi connectivity index (χ4v) is 3.95. The number of methoxy groups -OCH3 is 1. The summed E-state index contributed by atoms with van der Waals surface area (Å²) in [6, 6.07) is 20.5. The van der Waals surface area contributed by atoms with Crippen molar-refractivity contribution in [2.45, 2.75) is 6.54 Å². The van der Waals surface area contributed by atoms with Crippen LogP contribution < -0.4 is 14.5 Å². The summed E-state index contributed by atoms with van der Waals surface area (Å²) in [7, 11) is -1.99. The molecule has 32 heavy (non-hydrogen) atoms. The number of anilines is 1.